The van der Waals surface area contributed by atoms with Gasteiger partial charge in [0.25, 0.3) is 5.91 Å². The van der Waals surface area contributed by atoms with Gasteiger partial charge in [-0.25, -0.2) is 4.98 Å². The maximum atomic E-state index is 12.4. The quantitative estimate of drug-likeness (QED) is 0.912. The van der Waals surface area contributed by atoms with E-state index in [1.54, 1.807) is 5.38 Å². The summed E-state index contributed by atoms with van der Waals surface area (Å²) in [7, 11) is 0. The molecule has 1 atom stereocenters. The first kappa shape index (κ1) is 13.8. The lowest BCUT2D eigenvalue weighted by Crippen LogP contribution is -2.24. The number of hydrogen-bond acceptors (Lipinski definition) is 4. The van der Waals surface area contributed by atoms with Crippen molar-refractivity contribution in [1.29, 1.82) is 0 Å². The van der Waals surface area contributed by atoms with Gasteiger partial charge >= 0.3 is 0 Å². The fraction of sp³-hybridized carbons (Fsp3) is 0.267. The van der Waals surface area contributed by atoms with Gasteiger partial charge in [-0.3, -0.25) is 9.59 Å². The van der Waals surface area contributed by atoms with Crippen LogP contribution in [0.3, 0.4) is 0 Å². The Morgan fingerprint density at radius 2 is 2.14 bits per heavy atom. The number of aryl methyl sites for hydroxylation is 1. The third-order valence-corrected chi connectivity index (χ3v) is 4.43. The molecule has 1 aromatic heterocycles. The highest BCUT2D eigenvalue weighted by molar-refractivity contribution is 7.14. The molecule has 3 rings (SSSR count). The summed E-state index contributed by atoms with van der Waals surface area (Å²) < 4.78 is 0. The summed E-state index contributed by atoms with van der Waals surface area (Å²) in [5.41, 5.74) is 7.66. The molecule has 2 aromatic rings. The third kappa shape index (κ3) is 2.80. The number of hydrogen-bond donors (Lipinski definition) is 2. The second-order valence-corrected chi connectivity index (χ2v) is 5.89. The lowest BCUT2D eigenvalue weighted by atomic mass is 9.82. The number of thiazole rings is 1. The zero-order chi connectivity index (χ0) is 14.8. The van der Waals surface area contributed by atoms with Crippen LogP contribution in [0.1, 0.15) is 40.4 Å². The van der Waals surface area contributed by atoms with E-state index in [0.717, 1.165) is 24.8 Å². The molecule has 1 aromatic carbocycles. The number of nitrogens with two attached hydrogens (primary N) is 1. The lowest BCUT2D eigenvalue weighted by molar-refractivity contribution is -0.117. The fourth-order valence-electron chi connectivity index (χ4n) is 2.66. The number of fused-ring (bicyclic) bond motifs is 1. The minimum atomic E-state index is -0.588. The van der Waals surface area contributed by atoms with Crippen molar-refractivity contribution in [2.24, 2.45) is 5.73 Å². The van der Waals surface area contributed by atoms with Gasteiger partial charge in [0.15, 0.2) is 5.13 Å². The monoisotopic (exact) mass is 301 g/mol. The van der Waals surface area contributed by atoms with Crippen LogP contribution in [-0.2, 0) is 11.2 Å². The number of anilines is 1. The van der Waals surface area contributed by atoms with Gasteiger partial charge in [-0.05, 0) is 30.4 Å². The highest BCUT2D eigenvalue weighted by Crippen LogP contribution is 2.32. The summed E-state index contributed by atoms with van der Waals surface area (Å²) in [4.78, 5) is 27.5. The molecule has 0 saturated carbocycles. The van der Waals surface area contributed by atoms with E-state index >= 15 is 0 Å². The van der Waals surface area contributed by atoms with Crippen LogP contribution in [0.25, 0.3) is 0 Å². The second kappa shape index (κ2) is 5.65. The van der Waals surface area contributed by atoms with Crippen LogP contribution < -0.4 is 11.1 Å². The minimum absolute atomic E-state index is 0.0764. The number of rotatable bonds is 3. The molecule has 0 aliphatic heterocycles. The van der Waals surface area contributed by atoms with Crippen LogP contribution in [0.4, 0.5) is 5.13 Å². The van der Waals surface area contributed by atoms with Gasteiger partial charge in [0.1, 0.15) is 5.69 Å². The highest BCUT2D eigenvalue weighted by atomic mass is 32.1. The average Bonchev–Trinajstić information content (AvgIpc) is 2.95. The van der Waals surface area contributed by atoms with Crippen molar-refractivity contribution in [3.05, 3.63) is 46.5 Å². The summed E-state index contributed by atoms with van der Waals surface area (Å²) in [6.45, 7) is 0. The van der Waals surface area contributed by atoms with Crippen LogP contribution in [0.15, 0.2) is 29.6 Å². The first-order valence-electron chi connectivity index (χ1n) is 6.79. The zero-order valence-electron chi connectivity index (χ0n) is 11.3. The van der Waals surface area contributed by atoms with Crippen molar-refractivity contribution >= 4 is 28.3 Å². The van der Waals surface area contributed by atoms with Crippen LogP contribution in [0, 0.1) is 0 Å². The summed E-state index contributed by atoms with van der Waals surface area (Å²) >= 11 is 1.21. The number of carbonyl (C=O) groups is 2. The predicted molar refractivity (Wildman–Crippen MR) is 81.4 cm³/mol. The molecule has 21 heavy (non-hydrogen) atoms. The van der Waals surface area contributed by atoms with Gasteiger partial charge in [-0.2, -0.15) is 0 Å². The Morgan fingerprint density at radius 3 is 2.90 bits per heavy atom. The number of amides is 2. The van der Waals surface area contributed by atoms with Crippen LogP contribution in [0.2, 0.25) is 0 Å². The number of nitrogens with one attached hydrogen (secondary N) is 1. The first-order chi connectivity index (χ1) is 10.1. The Bertz CT molecular complexity index is 696. The van der Waals surface area contributed by atoms with E-state index in [2.05, 4.69) is 16.4 Å². The number of benzene rings is 1. The molecule has 0 spiro atoms. The SMILES string of the molecule is NC(=O)c1csc(NC(=O)C2CCCc3ccccc32)n1. The minimum Gasteiger partial charge on any atom is -0.364 e. The van der Waals surface area contributed by atoms with Gasteiger partial charge < -0.3 is 11.1 Å². The molecule has 0 saturated heterocycles. The first-order valence-corrected chi connectivity index (χ1v) is 7.67. The van der Waals surface area contributed by atoms with E-state index in [-0.39, 0.29) is 17.5 Å². The average molecular weight is 301 g/mol. The molecule has 5 nitrogen and oxygen atoms in total. The Kier molecular flexibility index (Phi) is 3.70. The van der Waals surface area contributed by atoms with E-state index in [1.807, 2.05) is 18.2 Å². The molecule has 1 aliphatic carbocycles. The van der Waals surface area contributed by atoms with E-state index < -0.39 is 5.91 Å². The number of nitrogens with zero attached hydrogens (tertiary/aromatic N) is 1. The smallest absolute Gasteiger partial charge is 0.268 e. The predicted octanol–water partition coefficient (Wildman–Crippen LogP) is 2.30. The standard InChI is InChI=1S/C15H15N3O2S/c16-13(19)12-8-21-15(17-12)18-14(20)11-7-3-5-9-4-1-2-6-10(9)11/h1-2,4,6,8,11H,3,5,7H2,(H2,16,19)(H,17,18,20). The topological polar surface area (TPSA) is 85.1 Å². The van der Waals surface area contributed by atoms with E-state index in [9.17, 15) is 9.59 Å². The molecule has 6 heteroatoms. The molecule has 1 unspecified atom stereocenters. The Balaban J connectivity index is 1.78. The Morgan fingerprint density at radius 1 is 1.33 bits per heavy atom. The van der Waals surface area contributed by atoms with Crippen LogP contribution in [-0.4, -0.2) is 16.8 Å². The number of primary amides is 1. The number of aromatic nitrogens is 1. The van der Waals surface area contributed by atoms with Crippen molar-refractivity contribution in [2.75, 3.05) is 5.32 Å². The zero-order valence-corrected chi connectivity index (χ0v) is 12.2. The van der Waals surface area contributed by atoms with Gasteiger partial charge in [0, 0.05) is 5.38 Å². The summed E-state index contributed by atoms with van der Waals surface area (Å²) in [5, 5.41) is 4.75. The molecular formula is C15H15N3O2S. The molecule has 1 aliphatic rings. The second-order valence-electron chi connectivity index (χ2n) is 5.04. The molecule has 3 N–H and O–H groups in total. The molecular weight excluding hydrogens is 286 g/mol. The van der Waals surface area contributed by atoms with Gasteiger partial charge in [-0.1, -0.05) is 24.3 Å². The Labute approximate surface area is 126 Å². The van der Waals surface area contributed by atoms with Crippen molar-refractivity contribution in [1.82, 2.24) is 4.98 Å². The number of carbonyl (C=O) groups excluding carboxylic acids is 2. The summed E-state index contributed by atoms with van der Waals surface area (Å²) in [6.07, 6.45) is 2.85. The third-order valence-electron chi connectivity index (χ3n) is 3.67. The van der Waals surface area contributed by atoms with Crippen molar-refractivity contribution in [3.8, 4) is 0 Å². The lowest BCUT2D eigenvalue weighted by Gasteiger charge is -2.24. The van der Waals surface area contributed by atoms with Gasteiger partial charge in [0.05, 0.1) is 5.92 Å². The molecule has 2 amide bonds. The van der Waals surface area contributed by atoms with Crippen molar-refractivity contribution in [3.63, 3.8) is 0 Å². The molecule has 0 fully saturated rings. The maximum absolute atomic E-state index is 12.4. The van der Waals surface area contributed by atoms with E-state index in [1.165, 1.54) is 16.9 Å². The van der Waals surface area contributed by atoms with Gasteiger partial charge in [0.2, 0.25) is 5.91 Å². The van der Waals surface area contributed by atoms with Crippen molar-refractivity contribution < 1.29 is 9.59 Å². The van der Waals surface area contributed by atoms with E-state index in [0.29, 0.717) is 5.13 Å². The Hall–Kier alpha value is -2.21. The highest BCUT2D eigenvalue weighted by Gasteiger charge is 2.26. The van der Waals surface area contributed by atoms with Gasteiger partial charge in [-0.15, -0.1) is 11.3 Å². The molecule has 1 heterocycles. The van der Waals surface area contributed by atoms with Crippen LogP contribution in [0.5, 0.6) is 0 Å². The van der Waals surface area contributed by atoms with Crippen molar-refractivity contribution in [2.45, 2.75) is 25.2 Å². The molecule has 0 bridgehead atoms. The molecule has 0 radical (unpaired) electrons. The van der Waals surface area contributed by atoms with E-state index in [4.69, 9.17) is 5.73 Å². The normalized spacial score (nSPS) is 17.0. The largest absolute Gasteiger partial charge is 0.364 e. The fourth-order valence-corrected chi connectivity index (χ4v) is 3.37. The van der Waals surface area contributed by atoms with Crippen LogP contribution >= 0.6 is 11.3 Å². The summed E-state index contributed by atoms with van der Waals surface area (Å²) in [6, 6.07) is 8.04. The maximum Gasteiger partial charge on any atom is 0.268 e. The summed E-state index contributed by atoms with van der Waals surface area (Å²) in [5.74, 6) is -0.821. The molecule has 108 valence electrons.